The van der Waals surface area contributed by atoms with E-state index in [-0.39, 0.29) is 18.7 Å². The van der Waals surface area contributed by atoms with Gasteiger partial charge in [-0.1, -0.05) is 13.8 Å². The third-order valence-corrected chi connectivity index (χ3v) is 4.59. The molecule has 1 N–H and O–H groups in total. The molecule has 6 nitrogen and oxygen atoms in total. The molecule has 4 unspecified atom stereocenters. The molecule has 1 saturated heterocycles. The summed E-state index contributed by atoms with van der Waals surface area (Å²) in [7, 11) is 1.81. The Morgan fingerprint density at radius 2 is 2.00 bits per heavy atom. The quantitative estimate of drug-likeness (QED) is 0.807. The van der Waals surface area contributed by atoms with E-state index in [1.807, 2.05) is 14.0 Å². The zero-order chi connectivity index (χ0) is 15.6. The normalized spacial score (nSPS) is 31.0. The number of ether oxygens (including phenoxy) is 1. The molecule has 120 valence electrons. The number of carboxylic acid groups (broad SMARTS) is 1. The lowest BCUT2D eigenvalue weighted by molar-refractivity contribution is -0.142. The van der Waals surface area contributed by atoms with Crippen molar-refractivity contribution < 1.29 is 19.4 Å². The van der Waals surface area contributed by atoms with Crippen LogP contribution in [0.5, 0.6) is 0 Å². The maximum Gasteiger partial charge on any atom is 0.320 e. The van der Waals surface area contributed by atoms with Crippen LogP contribution in [-0.4, -0.2) is 66.3 Å². The lowest BCUT2D eigenvalue weighted by Gasteiger charge is -2.33. The van der Waals surface area contributed by atoms with Crippen LogP contribution in [0.1, 0.15) is 26.7 Å². The molecule has 1 aliphatic heterocycles. The van der Waals surface area contributed by atoms with Crippen molar-refractivity contribution in [3.8, 4) is 0 Å². The van der Waals surface area contributed by atoms with Gasteiger partial charge in [0.25, 0.3) is 0 Å². The van der Waals surface area contributed by atoms with Crippen LogP contribution in [0, 0.1) is 17.8 Å². The van der Waals surface area contributed by atoms with Gasteiger partial charge in [-0.15, -0.1) is 0 Å². The summed E-state index contributed by atoms with van der Waals surface area (Å²) in [6.07, 6.45) is 1.98. The molecule has 0 radical (unpaired) electrons. The Hall–Kier alpha value is -1.30. The molecule has 1 aliphatic carbocycles. The molecule has 0 spiro atoms. The van der Waals surface area contributed by atoms with Gasteiger partial charge in [0.15, 0.2) is 0 Å². The van der Waals surface area contributed by atoms with Crippen molar-refractivity contribution in [3.05, 3.63) is 0 Å². The standard InChI is InChI=1S/C15H26N2O4/c1-4-5-17(13-9-21-8-12(13)14(18)19)15(20)16(3)7-11-6-10(11)2/h10-13H,4-9H2,1-3H3,(H,18,19). The van der Waals surface area contributed by atoms with Crippen molar-refractivity contribution >= 4 is 12.0 Å². The third-order valence-electron chi connectivity index (χ3n) is 4.59. The van der Waals surface area contributed by atoms with Crippen LogP contribution >= 0.6 is 0 Å². The molecule has 2 amide bonds. The van der Waals surface area contributed by atoms with Crippen LogP contribution in [0.4, 0.5) is 4.79 Å². The van der Waals surface area contributed by atoms with Gasteiger partial charge in [-0.2, -0.15) is 0 Å². The molecule has 2 fully saturated rings. The average Bonchev–Trinajstić information content (AvgIpc) is 2.94. The van der Waals surface area contributed by atoms with Gasteiger partial charge in [0.2, 0.25) is 0 Å². The number of hydrogen-bond donors (Lipinski definition) is 1. The molecule has 21 heavy (non-hydrogen) atoms. The lowest BCUT2D eigenvalue weighted by atomic mass is 10.0. The molecule has 1 heterocycles. The lowest BCUT2D eigenvalue weighted by Crippen LogP contribution is -2.51. The third kappa shape index (κ3) is 3.67. The number of carbonyl (C=O) groups excluding carboxylic acids is 1. The van der Waals surface area contributed by atoms with Gasteiger partial charge in [-0.3, -0.25) is 4.79 Å². The fraction of sp³-hybridized carbons (Fsp3) is 0.867. The zero-order valence-electron chi connectivity index (χ0n) is 13.1. The topological polar surface area (TPSA) is 70.1 Å². The molecule has 6 heteroatoms. The predicted molar refractivity (Wildman–Crippen MR) is 78.0 cm³/mol. The Labute approximate surface area is 126 Å². The van der Waals surface area contributed by atoms with Crippen molar-refractivity contribution in [2.45, 2.75) is 32.7 Å². The van der Waals surface area contributed by atoms with Crippen LogP contribution in [0.3, 0.4) is 0 Å². The number of rotatable bonds is 6. The summed E-state index contributed by atoms with van der Waals surface area (Å²) in [6.45, 7) is 6.02. The summed E-state index contributed by atoms with van der Waals surface area (Å²) < 4.78 is 5.31. The molecule has 0 bridgehead atoms. The average molecular weight is 298 g/mol. The Morgan fingerprint density at radius 1 is 1.33 bits per heavy atom. The maximum absolute atomic E-state index is 12.7. The number of amides is 2. The second kappa shape index (κ2) is 6.64. The zero-order valence-corrected chi connectivity index (χ0v) is 13.1. The van der Waals surface area contributed by atoms with Gasteiger partial charge >= 0.3 is 12.0 Å². The summed E-state index contributed by atoms with van der Waals surface area (Å²) in [5.74, 6) is -0.211. The van der Waals surface area contributed by atoms with E-state index < -0.39 is 11.9 Å². The minimum atomic E-state index is -0.884. The van der Waals surface area contributed by atoms with E-state index in [9.17, 15) is 14.7 Å². The molecule has 0 aromatic carbocycles. The second-order valence-electron chi connectivity index (χ2n) is 6.38. The maximum atomic E-state index is 12.7. The Balaban J connectivity index is 2.02. The fourth-order valence-electron chi connectivity index (χ4n) is 3.03. The summed E-state index contributed by atoms with van der Waals surface area (Å²) in [4.78, 5) is 27.4. The molecule has 4 atom stereocenters. The van der Waals surface area contributed by atoms with Crippen molar-refractivity contribution in [2.75, 3.05) is 33.4 Å². The van der Waals surface area contributed by atoms with Crippen molar-refractivity contribution in [2.24, 2.45) is 17.8 Å². The van der Waals surface area contributed by atoms with Crippen molar-refractivity contribution in [1.82, 2.24) is 9.80 Å². The monoisotopic (exact) mass is 298 g/mol. The van der Waals surface area contributed by atoms with Gasteiger partial charge in [0.1, 0.15) is 5.92 Å². The summed E-state index contributed by atoms with van der Waals surface area (Å²) in [5, 5.41) is 9.28. The number of aliphatic carboxylic acids is 1. The largest absolute Gasteiger partial charge is 0.481 e. The molecule has 0 aromatic heterocycles. The van der Waals surface area contributed by atoms with Crippen LogP contribution in [0.15, 0.2) is 0 Å². The highest BCUT2D eigenvalue weighted by Gasteiger charge is 2.41. The fourth-order valence-corrected chi connectivity index (χ4v) is 3.03. The molecule has 2 rings (SSSR count). The highest BCUT2D eigenvalue weighted by Crippen LogP contribution is 2.38. The predicted octanol–water partition coefficient (Wildman–Crippen LogP) is 1.51. The van der Waals surface area contributed by atoms with Gasteiger partial charge in [0.05, 0.1) is 19.3 Å². The SMILES string of the molecule is CCCN(C(=O)N(C)CC1CC1C)C1COCC1C(=O)O. The molecule has 2 aliphatic rings. The molecule has 0 aromatic rings. The highest BCUT2D eigenvalue weighted by molar-refractivity contribution is 5.77. The number of hydrogen-bond acceptors (Lipinski definition) is 3. The van der Waals surface area contributed by atoms with E-state index in [0.717, 1.165) is 13.0 Å². The molecular formula is C15H26N2O4. The van der Waals surface area contributed by atoms with E-state index in [0.29, 0.717) is 25.0 Å². The van der Waals surface area contributed by atoms with E-state index in [1.54, 1.807) is 9.80 Å². The van der Waals surface area contributed by atoms with Gasteiger partial charge < -0.3 is 19.6 Å². The number of carboxylic acids is 1. The second-order valence-corrected chi connectivity index (χ2v) is 6.38. The number of nitrogens with zero attached hydrogens (tertiary/aromatic N) is 2. The molecular weight excluding hydrogens is 272 g/mol. The first kappa shape index (κ1) is 16.1. The van der Waals surface area contributed by atoms with Crippen molar-refractivity contribution in [1.29, 1.82) is 0 Å². The number of urea groups is 1. The minimum absolute atomic E-state index is 0.0716. The van der Waals surface area contributed by atoms with Crippen LogP contribution in [-0.2, 0) is 9.53 Å². The van der Waals surface area contributed by atoms with E-state index >= 15 is 0 Å². The van der Waals surface area contributed by atoms with E-state index in [2.05, 4.69) is 6.92 Å². The minimum Gasteiger partial charge on any atom is -0.481 e. The van der Waals surface area contributed by atoms with E-state index in [4.69, 9.17) is 4.74 Å². The summed E-state index contributed by atoms with van der Waals surface area (Å²) in [5.41, 5.74) is 0. The Morgan fingerprint density at radius 3 is 2.52 bits per heavy atom. The van der Waals surface area contributed by atoms with Gasteiger partial charge in [-0.05, 0) is 24.7 Å². The van der Waals surface area contributed by atoms with Crippen LogP contribution < -0.4 is 0 Å². The van der Waals surface area contributed by atoms with Crippen molar-refractivity contribution in [3.63, 3.8) is 0 Å². The smallest absolute Gasteiger partial charge is 0.320 e. The molecule has 1 saturated carbocycles. The van der Waals surface area contributed by atoms with Crippen LogP contribution in [0.25, 0.3) is 0 Å². The van der Waals surface area contributed by atoms with Gasteiger partial charge in [-0.25, -0.2) is 4.79 Å². The Kier molecular flexibility index (Phi) is 5.08. The van der Waals surface area contributed by atoms with E-state index in [1.165, 1.54) is 6.42 Å². The Bertz CT molecular complexity index is 401. The summed E-state index contributed by atoms with van der Waals surface area (Å²) in [6, 6.07) is -0.424. The highest BCUT2D eigenvalue weighted by atomic mass is 16.5. The first-order chi connectivity index (χ1) is 9.95. The first-order valence-corrected chi connectivity index (χ1v) is 7.78. The summed E-state index contributed by atoms with van der Waals surface area (Å²) >= 11 is 0. The first-order valence-electron chi connectivity index (χ1n) is 7.78. The number of carbonyl (C=O) groups is 2. The van der Waals surface area contributed by atoms with Gasteiger partial charge in [0, 0.05) is 20.1 Å². The van der Waals surface area contributed by atoms with Crippen LogP contribution in [0.2, 0.25) is 0 Å².